The summed E-state index contributed by atoms with van der Waals surface area (Å²) < 4.78 is 5.23. The minimum absolute atomic E-state index is 0.270. The summed E-state index contributed by atoms with van der Waals surface area (Å²) in [7, 11) is 1.97. The lowest BCUT2D eigenvalue weighted by Gasteiger charge is -2.16. The summed E-state index contributed by atoms with van der Waals surface area (Å²) >= 11 is 0. The molecule has 0 unspecified atom stereocenters. The highest BCUT2D eigenvalue weighted by atomic mass is 16.5. The van der Waals surface area contributed by atoms with Crippen molar-refractivity contribution in [3.8, 4) is 16.9 Å². The van der Waals surface area contributed by atoms with E-state index in [1.165, 1.54) is 6.33 Å². The zero-order valence-corrected chi connectivity index (χ0v) is 13.1. The van der Waals surface area contributed by atoms with Crippen molar-refractivity contribution in [1.29, 1.82) is 0 Å². The summed E-state index contributed by atoms with van der Waals surface area (Å²) in [6.07, 6.45) is 5.01. The summed E-state index contributed by atoms with van der Waals surface area (Å²) in [4.78, 5) is 10.1. The molecule has 0 radical (unpaired) electrons. The number of hydrogen-bond acceptors (Lipinski definition) is 6. The van der Waals surface area contributed by atoms with Crippen molar-refractivity contribution in [1.82, 2.24) is 20.0 Å². The summed E-state index contributed by atoms with van der Waals surface area (Å²) in [6.45, 7) is 3.11. The molecule has 6 heteroatoms. The van der Waals surface area contributed by atoms with Gasteiger partial charge >= 0.3 is 0 Å². The lowest BCUT2D eigenvalue weighted by atomic mass is 10.0. The first-order valence-electron chi connectivity index (χ1n) is 7.30. The van der Waals surface area contributed by atoms with Gasteiger partial charge in [-0.15, -0.1) is 0 Å². The van der Waals surface area contributed by atoms with Crippen molar-refractivity contribution >= 4 is 0 Å². The maximum Gasteiger partial charge on any atom is 0.150 e. The Kier molecular flexibility index (Phi) is 4.34. The van der Waals surface area contributed by atoms with Gasteiger partial charge in [0, 0.05) is 36.1 Å². The van der Waals surface area contributed by atoms with Gasteiger partial charge in [0.1, 0.15) is 12.1 Å². The average molecular weight is 310 g/mol. The Balaban J connectivity index is 1.76. The fraction of sp³-hybridized carbons (Fsp3) is 0.235. The second kappa shape index (κ2) is 6.58. The average Bonchev–Trinajstić information content (AvgIpc) is 2.95. The van der Waals surface area contributed by atoms with Gasteiger partial charge in [-0.3, -0.25) is 4.90 Å². The topological polar surface area (TPSA) is 75.3 Å². The highest BCUT2D eigenvalue weighted by Crippen LogP contribution is 2.26. The first kappa shape index (κ1) is 15.2. The zero-order valence-electron chi connectivity index (χ0n) is 13.1. The normalized spacial score (nSPS) is 11.1. The maximum absolute atomic E-state index is 10.1. The van der Waals surface area contributed by atoms with Crippen molar-refractivity contribution in [2.75, 3.05) is 7.05 Å². The third kappa shape index (κ3) is 3.73. The Bertz CT molecular complexity index is 786. The van der Waals surface area contributed by atoms with E-state index in [0.717, 1.165) is 28.1 Å². The van der Waals surface area contributed by atoms with E-state index in [0.29, 0.717) is 13.1 Å². The number of phenols is 1. The van der Waals surface area contributed by atoms with Gasteiger partial charge in [0.05, 0.1) is 12.2 Å². The van der Waals surface area contributed by atoms with Crippen LogP contribution in [0.2, 0.25) is 0 Å². The number of aryl methyl sites for hydroxylation is 1. The Hall–Kier alpha value is -2.73. The van der Waals surface area contributed by atoms with Gasteiger partial charge in [-0.25, -0.2) is 9.97 Å². The smallest absolute Gasteiger partial charge is 0.150 e. The largest absolute Gasteiger partial charge is 0.508 e. The number of rotatable bonds is 5. The first-order chi connectivity index (χ1) is 11.1. The molecule has 0 saturated carbocycles. The zero-order chi connectivity index (χ0) is 16.2. The predicted molar refractivity (Wildman–Crippen MR) is 85.5 cm³/mol. The lowest BCUT2D eigenvalue weighted by molar-refractivity contribution is 0.263. The van der Waals surface area contributed by atoms with Gasteiger partial charge in [-0.2, -0.15) is 0 Å². The molecule has 3 aromatic rings. The van der Waals surface area contributed by atoms with Crippen LogP contribution in [0.25, 0.3) is 11.1 Å². The number of phenolic OH excluding ortho intramolecular Hbond substituents is 1. The minimum Gasteiger partial charge on any atom is -0.508 e. The van der Waals surface area contributed by atoms with E-state index in [9.17, 15) is 5.11 Å². The second-order valence-electron chi connectivity index (χ2n) is 5.58. The number of aromatic nitrogens is 3. The van der Waals surface area contributed by atoms with Crippen LogP contribution in [0, 0.1) is 6.92 Å². The monoisotopic (exact) mass is 310 g/mol. The highest BCUT2D eigenvalue weighted by molar-refractivity contribution is 5.63. The maximum atomic E-state index is 10.1. The van der Waals surface area contributed by atoms with Gasteiger partial charge in [-0.05, 0) is 31.7 Å². The fourth-order valence-corrected chi connectivity index (χ4v) is 2.44. The van der Waals surface area contributed by atoms with Crippen molar-refractivity contribution in [2.24, 2.45) is 0 Å². The van der Waals surface area contributed by atoms with E-state index in [2.05, 4.69) is 20.0 Å². The molecule has 0 fully saturated rings. The van der Waals surface area contributed by atoms with E-state index in [4.69, 9.17) is 4.52 Å². The molecule has 0 spiro atoms. The molecule has 23 heavy (non-hydrogen) atoms. The number of hydrogen-bond donors (Lipinski definition) is 1. The van der Waals surface area contributed by atoms with E-state index in [1.807, 2.05) is 32.2 Å². The predicted octanol–water partition coefficient (Wildman–Crippen LogP) is 2.78. The number of nitrogens with zero attached hydrogens (tertiary/aromatic N) is 4. The SMILES string of the molecule is Cc1cc(CN(C)Cc2cc(-c3cncnc3)ccc2O)on1. The lowest BCUT2D eigenvalue weighted by Crippen LogP contribution is -2.17. The molecule has 3 rings (SSSR count). The van der Waals surface area contributed by atoms with Crippen LogP contribution in [0.3, 0.4) is 0 Å². The molecule has 6 nitrogen and oxygen atoms in total. The van der Waals surface area contributed by atoms with Crippen LogP contribution in [-0.2, 0) is 13.1 Å². The van der Waals surface area contributed by atoms with Gasteiger partial charge in [-0.1, -0.05) is 11.2 Å². The third-order valence-electron chi connectivity index (χ3n) is 3.52. The molecule has 2 heterocycles. The quantitative estimate of drug-likeness (QED) is 0.781. The molecule has 0 saturated heterocycles. The van der Waals surface area contributed by atoms with E-state index < -0.39 is 0 Å². The molecule has 1 N–H and O–H groups in total. The molecule has 0 aliphatic rings. The number of benzene rings is 1. The van der Waals surface area contributed by atoms with E-state index in [-0.39, 0.29) is 5.75 Å². The summed E-state index contributed by atoms with van der Waals surface area (Å²) in [5, 5.41) is 14.0. The number of aromatic hydroxyl groups is 1. The van der Waals surface area contributed by atoms with Gasteiger partial charge in [0.25, 0.3) is 0 Å². The van der Waals surface area contributed by atoms with E-state index in [1.54, 1.807) is 18.5 Å². The molecule has 2 aromatic heterocycles. The van der Waals surface area contributed by atoms with Crippen LogP contribution in [0.5, 0.6) is 5.75 Å². The van der Waals surface area contributed by atoms with Crippen molar-refractivity contribution < 1.29 is 9.63 Å². The first-order valence-corrected chi connectivity index (χ1v) is 7.30. The standard InChI is InChI=1S/C17H18N4O2/c1-12-5-16(23-20-12)10-21(2)9-14-6-13(3-4-17(14)22)15-7-18-11-19-8-15/h3-8,11,22H,9-10H2,1-2H3. The van der Waals surface area contributed by atoms with Crippen molar-refractivity contribution in [3.05, 3.63) is 60.0 Å². The minimum atomic E-state index is 0.270. The second-order valence-corrected chi connectivity index (χ2v) is 5.58. The molecule has 0 bridgehead atoms. The molecule has 118 valence electrons. The van der Waals surface area contributed by atoms with Crippen LogP contribution < -0.4 is 0 Å². The summed E-state index contributed by atoms with van der Waals surface area (Å²) in [6, 6.07) is 7.42. The van der Waals surface area contributed by atoms with Crippen molar-refractivity contribution in [3.63, 3.8) is 0 Å². The van der Waals surface area contributed by atoms with Gasteiger partial charge in [0.15, 0.2) is 5.76 Å². The molecule has 0 aliphatic carbocycles. The van der Waals surface area contributed by atoms with Crippen LogP contribution >= 0.6 is 0 Å². The molecule has 0 atom stereocenters. The Morgan fingerprint density at radius 1 is 1.09 bits per heavy atom. The molecular weight excluding hydrogens is 292 g/mol. The molecular formula is C17H18N4O2. The molecule has 0 amide bonds. The van der Waals surface area contributed by atoms with Crippen LogP contribution in [0.1, 0.15) is 17.0 Å². The molecule has 1 aromatic carbocycles. The summed E-state index contributed by atoms with van der Waals surface area (Å²) in [5.41, 5.74) is 3.59. The van der Waals surface area contributed by atoms with Crippen LogP contribution in [0.4, 0.5) is 0 Å². The van der Waals surface area contributed by atoms with Crippen LogP contribution in [-0.4, -0.2) is 32.2 Å². The van der Waals surface area contributed by atoms with E-state index >= 15 is 0 Å². The Morgan fingerprint density at radius 3 is 2.57 bits per heavy atom. The Labute approximate surface area is 134 Å². The summed E-state index contributed by atoms with van der Waals surface area (Å²) in [5.74, 6) is 1.07. The van der Waals surface area contributed by atoms with Gasteiger partial charge in [0.2, 0.25) is 0 Å². The van der Waals surface area contributed by atoms with Crippen molar-refractivity contribution in [2.45, 2.75) is 20.0 Å². The third-order valence-corrected chi connectivity index (χ3v) is 3.52. The highest BCUT2D eigenvalue weighted by Gasteiger charge is 2.10. The van der Waals surface area contributed by atoms with Crippen LogP contribution in [0.15, 0.2) is 47.5 Å². The molecule has 0 aliphatic heterocycles. The Morgan fingerprint density at radius 2 is 1.87 bits per heavy atom. The van der Waals surface area contributed by atoms with Gasteiger partial charge < -0.3 is 9.63 Å². The fourth-order valence-electron chi connectivity index (χ4n) is 2.44.